The minimum absolute atomic E-state index is 0. The minimum Gasteiger partial charge on any atom is -0.494 e. The number of nitrogens with two attached hydrogens (primary N) is 1. The van der Waals surface area contributed by atoms with Crippen molar-refractivity contribution in [3.05, 3.63) is 59.7 Å². The normalized spacial score (nSPS) is 9.83. The topological polar surface area (TPSA) is 64.3 Å². The molecule has 2 aromatic rings. The standard InChI is InChI=1S/C18H22N2O2.ClH/c1-2-3-12-22-17-10-6-15(7-11-17)18(21)20-16-8-4-14(13-19)5-9-16;/h4-11H,2-3,12-13,19H2,1H3,(H,20,21);1H. The summed E-state index contributed by atoms with van der Waals surface area (Å²) in [6.45, 7) is 3.32. The van der Waals surface area contributed by atoms with Gasteiger partial charge in [0.2, 0.25) is 0 Å². The van der Waals surface area contributed by atoms with Crippen LogP contribution in [0.2, 0.25) is 0 Å². The summed E-state index contributed by atoms with van der Waals surface area (Å²) in [5, 5.41) is 2.86. The Kier molecular flexibility index (Phi) is 8.16. The molecule has 0 bridgehead atoms. The van der Waals surface area contributed by atoms with E-state index in [9.17, 15) is 4.79 Å². The van der Waals surface area contributed by atoms with E-state index < -0.39 is 0 Å². The number of carbonyl (C=O) groups excluding carboxylic acids is 1. The summed E-state index contributed by atoms with van der Waals surface area (Å²) in [7, 11) is 0. The number of hydrogen-bond donors (Lipinski definition) is 2. The van der Waals surface area contributed by atoms with Gasteiger partial charge in [0, 0.05) is 17.8 Å². The van der Waals surface area contributed by atoms with Gasteiger partial charge in [-0.25, -0.2) is 0 Å². The molecular formula is C18H23ClN2O2. The molecular weight excluding hydrogens is 312 g/mol. The van der Waals surface area contributed by atoms with E-state index in [1.165, 1.54) is 0 Å². The van der Waals surface area contributed by atoms with Crippen molar-refractivity contribution in [2.24, 2.45) is 5.73 Å². The Hall–Kier alpha value is -2.04. The molecule has 0 aliphatic rings. The number of benzene rings is 2. The number of unbranched alkanes of at least 4 members (excludes halogenated alkanes) is 1. The predicted octanol–water partition coefficient (Wildman–Crippen LogP) is 4.00. The zero-order chi connectivity index (χ0) is 15.8. The molecule has 0 radical (unpaired) electrons. The molecule has 0 fully saturated rings. The maximum Gasteiger partial charge on any atom is 0.255 e. The molecule has 2 aromatic carbocycles. The van der Waals surface area contributed by atoms with Gasteiger partial charge >= 0.3 is 0 Å². The van der Waals surface area contributed by atoms with Crippen LogP contribution in [-0.2, 0) is 6.54 Å². The monoisotopic (exact) mass is 334 g/mol. The van der Waals surface area contributed by atoms with Crippen LogP contribution in [-0.4, -0.2) is 12.5 Å². The van der Waals surface area contributed by atoms with E-state index in [4.69, 9.17) is 10.5 Å². The summed E-state index contributed by atoms with van der Waals surface area (Å²) in [6, 6.07) is 14.7. The minimum atomic E-state index is -0.138. The Morgan fingerprint density at radius 2 is 1.74 bits per heavy atom. The third kappa shape index (κ3) is 5.93. The van der Waals surface area contributed by atoms with Crippen molar-refractivity contribution in [3.63, 3.8) is 0 Å². The molecule has 1 amide bonds. The molecule has 0 saturated carbocycles. The van der Waals surface area contributed by atoms with Crippen LogP contribution in [0.3, 0.4) is 0 Å². The molecule has 3 N–H and O–H groups in total. The summed E-state index contributed by atoms with van der Waals surface area (Å²) < 4.78 is 5.58. The van der Waals surface area contributed by atoms with Gasteiger partial charge in [-0.15, -0.1) is 12.4 Å². The Morgan fingerprint density at radius 1 is 1.09 bits per heavy atom. The van der Waals surface area contributed by atoms with E-state index in [-0.39, 0.29) is 18.3 Å². The van der Waals surface area contributed by atoms with Crippen LogP contribution in [0.5, 0.6) is 5.75 Å². The first-order valence-electron chi connectivity index (χ1n) is 7.56. The predicted molar refractivity (Wildman–Crippen MR) is 96.4 cm³/mol. The first-order chi connectivity index (χ1) is 10.7. The fourth-order valence-corrected chi connectivity index (χ4v) is 1.96. The van der Waals surface area contributed by atoms with Crippen LogP contribution in [0.1, 0.15) is 35.7 Å². The van der Waals surface area contributed by atoms with Crippen molar-refractivity contribution < 1.29 is 9.53 Å². The fourth-order valence-electron chi connectivity index (χ4n) is 1.96. The fraction of sp³-hybridized carbons (Fsp3) is 0.278. The number of ether oxygens (including phenoxy) is 1. The van der Waals surface area contributed by atoms with E-state index in [0.29, 0.717) is 18.7 Å². The Balaban J connectivity index is 0.00000264. The molecule has 23 heavy (non-hydrogen) atoms. The van der Waals surface area contributed by atoms with Crippen molar-refractivity contribution in [3.8, 4) is 5.75 Å². The first kappa shape index (κ1) is 19.0. The van der Waals surface area contributed by atoms with Gasteiger partial charge in [-0.2, -0.15) is 0 Å². The molecule has 0 aliphatic carbocycles. The lowest BCUT2D eigenvalue weighted by Crippen LogP contribution is -2.11. The molecule has 2 rings (SSSR count). The lowest BCUT2D eigenvalue weighted by molar-refractivity contribution is 0.102. The molecule has 5 heteroatoms. The molecule has 0 saturated heterocycles. The second kappa shape index (κ2) is 9.87. The highest BCUT2D eigenvalue weighted by Gasteiger charge is 2.06. The van der Waals surface area contributed by atoms with E-state index in [1.807, 2.05) is 36.4 Å². The van der Waals surface area contributed by atoms with Gasteiger partial charge in [-0.3, -0.25) is 4.79 Å². The van der Waals surface area contributed by atoms with Gasteiger partial charge < -0.3 is 15.8 Å². The number of hydrogen-bond acceptors (Lipinski definition) is 3. The average Bonchev–Trinajstić information content (AvgIpc) is 2.56. The summed E-state index contributed by atoms with van der Waals surface area (Å²) in [4.78, 5) is 12.2. The lowest BCUT2D eigenvalue weighted by atomic mass is 10.2. The number of anilines is 1. The van der Waals surface area contributed by atoms with Crippen LogP contribution in [0.25, 0.3) is 0 Å². The number of halogens is 1. The second-order valence-corrected chi connectivity index (χ2v) is 5.08. The molecule has 0 unspecified atom stereocenters. The van der Waals surface area contributed by atoms with Crippen molar-refractivity contribution in [2.45, 2.75) is 26.3 Å². The number of nitrogens with one attached hydrogen (secondary N) is 1. The van der Waals surface area contributed by atoms with Gasteiger partial charge in [-0.1, -0.05) is 25.5 Å². The van der Waals surface area contributed by atoms with Crippen molar-refractivity contribution in [1.29, 1.82) is 0 Å². The van der Waals surface area contributed by atoms with E-state index >= 15 is 0 Å². The van der Waals surface area contributed by atoms with Crippen LogP contribution in [0, 0.1) is 0 Å². The maximum atomic E-state index is 12.2. The number of carbonyl (C=O) groups is 1. The summed E-state index contributed by atoms with van der Waals surface area (Å²) in [5.41, 5.74) is 7.94. The molecule has 124 valence electrons. The molecule has 0 aliphatic heterocycles. The largest absolute Gasteiger partial charge is 0.494 e. The van der Waals surface area contributed by atoms with Gasteiger partial charge in [0.05, 0.1) is 6.61 Å². The van der Waals surface area contributed by atoms with Crippen molar-refractivity contribution in [2.75, 3.05) is 11.9 Å². The Labute approximate surface area is 143 Å². The van der Waals surface area contributed by atoms with Gasteiger partial charge in [0.25, 0.3) is 5.91 Å². The number of rotatable bonds is 7. The lowest BCUT2D eigenvalue weighted by Gasteiger charge is -2.08. The highest BCUT2D eigenvalue weighted by Crippen LogP contribution is 2.15. The average molecular weight is 335 g/mol. The molecule has 0 spiro atoms. The summed E-state index contributed by atoms with van der Waals surface area (Å²) in [5.74, 6) is 0.651. The third-order valence-corrected chi connectivity index (χ3v) is 3.33. The smallest absolute Gasteiger partial charge is 0.255 e. The molecule has 0 atom stereocenters. The zero-order valence-electron chi connectivity index (χ0n) is 13.2. The van der Waals surface area contributed by atoms with Crippen LogP contribution >= 0.6 is 12.4 Å². The summed E-state index contributed by atoms with van der Waals surface area (Å²) >= 11 is 0. The quantitative estimate of drug-likeness (QED) is 0.752. The maximum absolute atomic E-state index is 12.2. The zero-order valence-corrected chi connectivity index (χ0v) is 14.1. The van der Waals surface area contributed by atoms with Crippen LogP contribution in [0.15, 0.2) is 48.5 Å². The van der Waals surface area contributed by atoms with E-state index in [1.54, 1.807) is 12.1 Å². The van der Waals surface area contributed by atoms with Gasteiger partial charge in [0.1, 0.15) is 5.75 Å². The highest BCUT2D eigenvalue weighted by molar-refractivity contribution is 6.04. The van der Waals surface area contributed by atoms with Crippen molar-refractivity contribution in [1.82, 2.24) is 0 Å². The van der Waals surface area contributed by atoms with Gasteiger partial charge in [-0.05, 0) is 48.4 Å². The second-order valence-electron chi connectivity index (χ2n) is 5.08. The van der Waals surface area contributed by atoms with Crippen LogP contribution < -0.4 is 15.8 Å². The highest BCUT2D eigenvalue weighted by atomic mass is 35.5. The van der Waals surface area contributed by atoms with E-state index in [0.717, 1.165) is 29.8 Å². The Morgan fingerprint density at radius 3 is 2.30 bits per heavy atom. The first-order valence-corrected chi connectivity index (χ1v) is 7.56. The molecule has 0 heterocycles. The van der Waals surface area contributed by atoms with Crippen LogP contribution in [0.4, 0.5) is 5.69 Å². The Bertz CT molecular complexity index is 597. The number of amides is 1. The van der Waals surface area contributed by atoms with Gasteiger partial charge in [0.15, 0.2) is 0 Å². The van der Waals surface area contributed by atoms with Crippen molar-refractivity contribution >= 4 is 24.0 Å². The molecule has 4 nitrogen and oxygen atoms in total. The summed E-state index contributed by atoms with van der Waals surface area (Å²) in [6.07, 6.45) is 2.13. The SMILES string of the molecule is CCCCOc1ccc(C(=O)Nc2ccc(CN)cc2)cc1.Cl. The third-order valence-electron chi connectivity index (χ3n) is 3.33. The molecule has 0 aromatic heterocycles. The van der Waals surface area contributed by atoms with E-state index in [2.05, 4.69) is 12.2 Å².